The SMILES string of the molecule is Cc1cccc(NC(=O)N2CCN(C(=O)C3CCCNC3)CC2)c1.Cl. The van der Waals surface area contributed by atoms with Crippen LogP contribution in [0.1, 0.15) is 18.4 Å². The first-order valence-corrected chi connectivity index (χ1v) is 8.75. The molecule has 1 atom stereocenters. The highest BCUT2D eigenvalue weighted by molar-refractivity contribution is 5.89. The van der Waals surface area contributed by atoms with Gasteiger partial charge in [0.15, 0.2) is 0 Å². The quantitative estimate of drug-likeness (QED) is 0.842. The summed E-state index contributed by atoms with van der Waals surface area (Å²) in [5.41, 5.74) is 1.93. The number of hydrogen-bond acceptors (Lipinski definition) is 3. The zero-order valence-electron chi connectivity index (χ0n) is 14.7. The third kappa shape index (κ3) is 5.09. The van der Waals surface area contributed by atoms with Gasteiger partial charge in [0.2, 0.25) is 5.91 Å². The lowest BCUT2D eigenvalue weighted by Gasteiger charge is -2.37. The van der Waals surface area contributed by atoms with E-state index < -0.39 is 0 Å². The Balaban J connectivity index is 0.00000225. The Morgan fingerprint density at radius 2 is 1.88 bits per heavy atom. The lowest BCUT2D eigenvalue weighted by molar-refractivity contribution is -0.137. The van der Waals surface area contributed by atoms with Crippen LogP contribution in [0.4, 0.5) is 10.5 Å². The number of benzene rings is 1. The number of halogens is 1. The van der Waals surface area contributed by atoms with E-state index in [2.05, 4.69) is 10.6 Å². The van der Waals surface area contributed by atoms with Crippen LogP contribution in [-0.2, 0) is 4.79 Å². The summed E-state index contributed by atoms with van der Waals surface area (Å²) in [6.07, 6.45) is 2.04. The van der Waals surface area contributed by atoms with Gasteiger partial charge in [-0.05, 0) is 44.0 Å². The van der Waals surface area contributed by atoms with Crippen molar-refractivity contribution in [3.8, 4) is 0 Å². The van der Waals surface area contributed by atoms with Gasteiger partial charge in [-0.15, -0.1) is 12.4 Å². The molecule has 3 amide bonds. The molecule has 7 heteroatoms. The van der Waals surface area contributed by atoms with Crippen LogP contribution in [0.3, 0.4) is 0 Å². The van der Waals surface area contributed by atoms with E-state index in [1.54, 1.807) is 4.90 Å². The molecule has 1 aromatic carbocycles. The fourth-order valence-electron chi connectivity index (χ4n) is 3.38. The molecule has 1 unspecified atom stereocenters. The van der Waals surface area contributed by atoms with Crippen LogP contribution >= 0.6 is 12.4 Å². The summed E-state index contributed by atoms with van der Waals surface area (Å²) < 4.78 is 0. The fraction of sp³-hybridized carbons (Fsp3) is 0.556. The highest BCUT2D eigenvalue weighted by Gasteiger charge is 2.29. The van der Waals surface area contributed by atoms with Gasteiger partial charge < -0.3 is 20.4 Å². The molecule has 2 fully saturated rings. The van der Waals surface area contributed by atoms with E-state index in [0.29, 0.717) is 26.2 Å². The highest BCUT2D eigenvalue weighted by Crippen LogP contribution is 2.16. The van der Waals surface area contributed by atoms with Gasteiger partial charge in [-0.2, -0.15) is 0 Å². The molecule has 0 spiro atoms. The number of piperidine rings is 1. The fourth-order valence-corrected chi connectivity index (χ4v) is 3.38. The van der Waals surface area contributed by atoms with Crippen molar-refractivity contribution in [3.63, 3.8) is 0 Å². The summed E-state index contributed by atoms with van der Waals surface area (Å²) in [5.74, 6) is 0.340. The first-order valence-electron chi connectivity index (χ1n) is 8.75. The molecule has 2 N–H and O–H groups in total. The summed E-state index contributed by atoms with van der Waals surface area (Å²) in [5, 5.41) is 6.23. The Kier molecular flexibility index (Phi) is 7.08. The van der Waals surface area contributed by atoms with Crippen molar-refractivity contribution in [2.24, 2.45) is 5.92 Å². The lowest BCUT2D eigenvalue weighted by atomic mass is 9.98. The van der Waals surface area contributed by atoms with Crippen LogP contribution in [0.15, 0.2) is 24.3 Å². The Morgan fingerprint density at radius 3 is 2.52 bits per heavy atom. The highest BCUT2D eigenvalue weighted by atomic mass is 35.5. The maximum absolute atomic E-state index is 12.5. The smallest absolute Gasteiger partial charge is 0.321 e. The van der Waals surface area contributed by atoms with Gasteiger partial charge in [-0.3, -0.25) is 4.79 Å². The number of rotatable bonds is 2. The van der Waals surface area contributed by atoms with Crippen molar-refractivity contribution in [2.75, 3.05) is 44.6 Å². The van der Waals surface area contributed by atoms with Crippen LogP contribution < -0.4 is 10.6 Å². The van der Waals surface area contributed by atoms with Crippen LogP contribution in [0.2, 0.25) is 0 Å². The molecule has 0 bridgehead atoms. The number of piperazine rings is 1. The summed E-state index contributed by atoms with van der Waals surface area (Å²) in [6, 6.07) is 7.68. The van der Waals surface area contributed by atoms with Crippen molar-refractivity contribution in [1.29, 1.82) is 0 Å². The van der Waals surface area contributed by atoms with Crippen molar-refractivity contribution >= 4 is 30.0 Å². The summed E-state index contributed by atoms with van der Waals surface area (Å²) in [4.78, 5) is 28.6. The van der Waals surface area contributed by atoms with E-state index >= 15 is 0 Å². The first kappa shape index (κ1) is 19.5. The largest absolute Gasteiger partial charge is 0.339 e. The molecule has 1 aromatic rings. The monoisotopic (exact) mass is 366 g/mol. The molecule has 3 rings (SSSR count). The molecule has 25 heavy (non-hydrogen) atoms. The van der Waals surface area contributed by atoms with E-state index in [9.17, 15) is 9.59 Å². The van der Waals surface area contributed by atoms with Crippen LogP contribution in [0.25, 0.3) is 0 Å². The van der Waals surface area contributed by atoms with Gasteiger partial charge in [0.05, 0.1) is 5.92 Å². The topological polar surface area (TPSA) is 64.7 Å². The third-order valence-electron chi connectivity index (χ3n) is 4.79. The molecular formula is C18H27ClN4O2. The van der Waals surface area contributed by atoms with E-state index in [1.165, 1.54) is 0 Å². The Labute approximate surface area is 155 Å². The lowest BCUT2D eigenvalue weighted by Crippen LogP contribution is -2.54. The van der Waals surface area contributed by atoms with E-state index in [0.717, 1.165) is 37.2 Å². The number of nitrogens with one attached hydrogen (secondary N) is 2. The Bertz CT molecular complexity index is 596. The molecule has 2 aliphatic heterocycles. The zero-order valence-corrected chi connectivity index (χ0v) is 15.5. The van der Waals surface area contributed by atoms with Crippen molar-refractivity contribution in [1.82, 2.24) is 15.1 Å². The normalized spacial score (nSPS) is 20.6. The average Bonchev–Trinajstić information content (AvgIpc) is 2.62. The molecule has 0 radical (unpaired) electrons. The summed E-state index contributed by atoms with van der Waals surface area (Å²) in [7, 11) is 0. The van der Waals surface area contributed by atoms with Crippen LogP contribution in [-0.4, -0.2) is 61.0 Å². The molecule has 0 aliphatic carbocycles. The minimum absolute atomic E-state index is 0. The third-order valence-corrected chi connectivity index (χ3v) is 4.79. The number of anilines is 1. The summed E-state index contributed by atoms with van der Waals surface area (Å²) in [6.45, 7) is 6.21. The van der Waals surface area contributed by atoms with Gasteiger partial charge in [0.25, 0.3) is 0 Å². The number of urea groups is 1. The molecule has 6 nitrogen and oxygen atoms in total. The van der Waals surface area contributed by atoms with Crippen LogP contribution in [0, 0.1) is 12.8 Å². The minimum Gasteiger partial charge on any atom is -0.339 e. The van der Waals surface area contributed by atoms with Gasteiger partial charge >= 0.3 is 6.03 Å². The molecule has 0 aromatic heterocycles. The molecule has 0 saturated carbocycles. The molecule has 2 heterocycles. The maximum atomic E-state index is 12.5. The van der Waals surface area contributed by atoms with Crippen molar-refractivity contribution in [2.45, 2.75) is 19.8 Å². The van der Waals surface area contributed by atoms with E-state index in [4.69, 9.17) is 0 Å². The van der Waals surface area contributed by atoms with E-state index in [1.807, 2.05) is 36.1 Å². The average molecular weight is 367 g/mol. The van der Waals surface area contributed by atoms with Crippen molar-refractivity contribution < 1.29 is 9.59 Å². The molecular weight excluding hydrogens is 340 g/mol. The van der Waals surface area contributed by atoms with Gasteiger partial charge in [-0.1, -0.05) is 12.1 Å². The van der Waals surface area contributed by atoms with Gasteiger partial charge in [0, 0.05) is 38.4 Å². The van der Waals surface area contributed by atoms with Crippen LogP contribution in [0.5, 0.6) is 0 Å². The second kappa shape index (κ2) is 9.06. The predicted molar refractivity (Wildman–Crippen MR) is 101 cm³/mol. The summed E-state index contributed by atoms with van der Waals surface area (Å²) >= 11 is 0. The van der Waals surface area contributed by atoms with Gasteiger partial charge in [-0.25, -0.2) is 4.79 Å². The maximum Gasteiger partial charge on any atom is 0.321 e. The molecule has 2 saturated heterocycles. The number of nitrogens with zero attached hydrogens (tertiary/aromatic N) is 2. The molecule has 2 aliphatic rings. The Morgan fingerprint density at radius 1 is 1.16 bits per heavy atom. The van der Waals surface area contributed by atoms with E-state index in [-0.39, 0.29) is 30.3 Å². The number of aryl methyl sites for hydroxylation is 1. The molecule has 138 valence electrons. The number of carbonyl (C=O) groups excluding carboxylic acids is 2. The first-order chi connectivity index (χ1) is 11.6. The van der Waals surface area contributed by atoms with Crippen molar-refractivity contribution in [3.05, 3.63) is 29.8 Å². The zero-order chi connectivity index (χ0) is 16.9. The van der Waals surface area contributed by atoms with Gasteiger partial charge in [0.1, 0.15) is 0 Å². The Hall–Kier alpha value is -1.79. The number of carbonyl (C=O) groups is 2. The predicted octanol–water partition coefficient (Wildman–Crippen LogP) is 2.09. The number of hydrogen-bond donors (Lipinski definition) is 2. The number of amides is 3. The second-order valence-electron chi connectivity index (χ2n) is 6.66. The minimum atomic E-state index is -0.0907. The standard InChI is InChI=1S/C18H26N4O2.ClH/c1-14-4-2-6-16(12-14)20-18(24)22-10-8-21(9-11-22)17(23)15-5-3-7-19-13-15;/h2,4,6,12,15,19H,3,5,7-11,13H2,1H3,(H,20,24);1H. The second-order valence-corrected chi connectivity index (χ2v) is 6.66.